The van der Waals surface area contributed by atoms with Gasteiger partial charge in [0.25, 0.3) is 5.91 Å². The second-order valence-electron chi connectivity index (χ2n) is 7.52. The maximum atomic E-state index is 12.4. The van der Waals surface area contributed by atoms with Gasteiger partial charge >= 0.3 is 6.09 Å². The van der Waals surface area contributed by atoms with Crippen molar-refractivity contribution in [1.29, 1.82) is 0 Å². The van der Waals surface area contributed by atoms with Crippen molar-refractivity contribution in [3.63, 3.8) is 0 Å². The van der Waals surface area contributed by atoms with Gasteiger partial charge in [-0.05, 0) is 45.4 Å². The van der Waals surface area contributed by atoms with Crippen molar-refractivity contribution in [2.75, 3.05) is 13.1 Å². The zero-order chi connectivity index (χ0) is 17.5. The summed E-state index contributed by atoms with van der Waals surface area (Å²) < 4.78 is 11.5. The first-order chi connectivity index (χ1) is 11.2. The van der Waals surface area contributed by atoms with E-state index in [1.54, 1.807) is 11.0 Å². The van der Waals surface area contributed by atoms with Crippen molar-refractivity contribution >= 4 is 12.0 Å². The van der Waals surface area contributed by atoms with Crippen molar-refractivity contribution in [3.05, 3.63) is 29.3 Å². The fraction of sp³-hybridized carbons (Fsp3) is 0.556. The SMILES string of the molecule is Cc1ccc2c(c1)OC1(CCN(C(=O)OC(C)(C)C)CC1)NC2=O. The van der Waals surface area contributed by atoms with E-state index in [1.165, 1.54) is 0 Å². The van der Waals surface area contributed by atoms with Crippen molar-refractivity contribution in [1.82, 2.24) is 10.2 Å². The molecule has 1 aromatic rings. The maximum Gasteiger partial charge on any atom is 0.410 e. The molecule has 1 aromatic carbocycles. The van der Waals surface area contributed by atoms with E-state index in [-0.39, 0.29) is 12.0 Å². The summed E-state index contributed by atoms with van der Waals surface area (Å²) in [7, 11) is 0. The van der Waals surface area contributed by atoms with Gasteiger partial charge in [0.15, 0.2) is 5.72 Å². The number of likely N-dealkylation sites (tertiary alicyclic amines) is 1. The lowest BCUT2D eigenvalue weighted by molar-refractivity contribution is -0.0366. The first kappa shape index (κ1) is 16.6. The van der Waals surface area contributed by atoms with E-state index in [2.05, 4.69) is 5.32 Å². The van der Waals surface area contributed by atoms with Crippen LogP contribution in [0.4, 0.5) is 4.79 Å². The van der Waals surface area contributed by atoms with Crippen molar-refractivity contribution in [3.8, 4) is 5.75 Å². The van der Waals surface area contributed by atoms with Gasteiger partial charge in [-0.15, -0.1) is 0 Å². The summed E-state index contributed by atoms with van der Waals surface area (Å²) in [6.45, 7) is 8.47. The average Bonchev–Trinajstić information content (AvgIpc) is 2.45. The predicted octanol–water partition coefficient (Wildman–Crippen LogP) is 2.84. The number of rotatable bonds is 0. The number of fused-ring (bicyclic) bond motifs is 1. The van der Waals surface area contributed by atoms with Crippen LogP contribution in [0.1, 0.15) is 49.5 Å². The third kappa shape index (κ3) is 3.32. The summed E-state index contributed by atoms with van der Waals surface area (Å²) >= 11 is 0. The van der Waals surface area contributed by atoms with Crippen molar-refractivity contribution in [2.45, 2.75) is 51.9 Å². The zero-order valence-electron chi connectivity index (χ0n) is 14.6. The Morgan fingerprint density at radius 1 is 1.29 bits per heavy atom. The molecule has 2 aliphatic rings. The van der Waals surface area contributed by atoms with Gasteiger partial charge in [0.1, 0.15) is 11.4 Å². The lowest BCUT2D eigenvalue weighted by Gasteiger charge is -2.44. The van der Waals surface area contributed by atoms with E-state index in [4.69, 9.17) is 9.47 Å². The first-order valence-corrected chi connectivity index (χ1v) is 8.28. The Bertz CT molecular complexity index is 670. The van der Waals surface area contributed by atoms with E-state index < -0.39 is 11.3 Å². The molecule has 24 heavy (non-hydrogen) atoms. The second-order valence-corrected chi connectivity index (χ2v) is 7.52. The Morgan fingerprint density at radius 2 is 1.96 bits per heavy atom. The van der Waals surface area contributed by atoms with Crippen LogP contribution in [0.15, 0.2) is 18.2 Å². The van der Waals surface area contributed by atoms with E-state index in [0.717, 1.165) is 5.56 Å². The van der Waals surface area contributed by atoms with Crippen LogP contribution in [0.25, 0.3) is 0 Å². The molecule has 6 nitrogen and oxygen atoms in total. The van der Waals surface area contributed by atoms with Crippen LogP contribution in [0, 0.1) is 6.92 Å². The van der Waals surface area contributed by atoms with Crippen LogP contribution in [0.3, 0.4) is 0 Å². The highest BCUT2D eigenvalue weighted by Gasteiger charge is 2.43. The lowest BCUT2D eigenvalue weighted by Crippen LogP contribution is -2.61. The highest BCUT2D eigenvalue weighted by atomic mass is 16.6. The highest BCUT2D eigenvalue weighted by Crippen LogP contribution is 2.34. The molecule has 2 aliphatic heterocycles. The van der Waals surface area contributed by atoms with Crippen LogP contribution in [-0.4, -0.2) is 41.3 Å². The Morgan fingerprint density at radius 3 is 2.58 bits per heavy atom. The fourth-order valence-corrected chi connectivity index (χ4v) is 3.02. The molecule has 1 N–H and O–H groups in total. The lowest BCUT2D eigenvalue weighted by atomic mass is 9.96. The molecule has 0 saturated carbocycles. The zero-order valence-corrected chi connectivity index (χ0v) is 14.6. The number of hydrogen-bond acceptors (Lipinski definition) is 4. The van der Waals surface area contributed by atoms with Crippen LogP contribution in [0.5, 0.6) is 5.75 Å². The number of benzene rings is 1. The molecule has 0 aliphatic carbocycles. The fourth-order valence-electron chi connectivity index (χ4n) is 3.02. The number of amides is 2. The van der Waals surface area contributed by atoms with E-state index in [0.29, 0.717) is 37.2 Å². The van der Waals surface area contributed by atoms with Gasteiger partial charge in [-0.2, -0.15) is 0 Å². The minimum atomic E-state index is -0.740. The molecule has 1 fully saturated rings. The average molecular weight is 332 g/mol. The highest BCUT2D eigenvalue weighted by molar-refractivity contribution is 5.98. The Hall–Kier alpha value is -2.24. The van der Waals surface area contributed by atoms with Crippen LogP contribution >= 0.6 is 0 Å². The Labute approximate surface area is 142 Å². The number of carbonyl (C=O) groups excluding carboxylic acids is 2. The number of carbonyl (C=O) groups is 2. The third-order valence-electron chi connectivity index (χ3n) is 4.25. The van der Waals surface area contributed by atoms with Gasteiger partial charge in [-0.3, -0.25) is 4.79 Å². The van der Waals surface area contributed by atoms with Gasteiger partial charge in [-0.25, -0.2) is 4.79 Å². The normalized spacial score (nSPS) is 19.3. The summed E-state index contributed by atoms with van der Waals surface area (Å²) in [5.41, 5.74) is 0.347. The maximum absolute atomic E-state index is 12.4. The van der Waals surface area contributed by atoms with Gasteiger partial charge in [0.05, 0.1) is 5.56 Å². The van der Waals surface area contributed by atoms with Crippen LogP contribution < -0.4 is 10.1 Å². The summed E-state index contributed by atoms with van der Waals surface area (Å²) in [5.74, 6) is 0.492. The molecule has 0 bridgehead atoms. The molecule has 0 atom stereocenters. The number of piperidine rings is 1. The Kier molecular flexibility index (Phi) is 3.94. The number of ether oxygens (including phenoxy) is 2. The van der Waals surface area contributed by atoms with Gasteiger partial charge in [0, 0.05) is 25.9 Å². The summed E-state index contributed by atoms with van der Waals surface area (Å²) in [4.78, 5) is 26.2. The molecule has 2 amide bonds. The number of nitrogens with zero attached hydrogens (tertiary/aromatic N) is 1. The molecule has 6 heteroatoms. The number of aryl methyl sites for hydroxylation is 1. The smallest absolute Gasteiger partial charge is 0.410 e. The Balaban J connectivity index is 1.70. The quantitative estimate of drug-likeness (QED) is 0.793. The number of nitrogens with one attached hydrogen (secondary N) is 1. The van der Waals surface area contributed by atoms with Crippen molar-refractivity contribution < 1.29 is 19.1 Å². The van der Waals surface area contributed by atoms with E-state index in [1.807, 2.05) is 39.8 Å². The molecular weight excluding hydrogens is 308 g/mol. The minimum absolute atomic E-state index is 0.123. The van der Waals surface area contributed by atoms with E-state index in [9.17, 15) is 9.59 Å². The summed E-state index contributed by atoms with van der Waals surface area (Å²) in [6, 6.07) is 5.56. The number of hydrogen-bond donors (Lipinski definition) is 1. The molecule has 2 heterocycles. The van der Waals surface area contributed by atoms with Gasteiger partial charge in [0.2, 0.25) is 0 Å². The molecule has 0 aromatic heterocycles. The monoisotopic (exact) mass is 332 g/mol. The molecule has 0 radical (unpaired) electrons. The molecule has 1 spiro atoms. The van der Waals surface area contributed by atoms with Crippen LogP contribution in [-0.2, 0) is 4.74 Å². The molecule has 3 rings (SSSR count). The predicted molar refractivity (Wildman–Crippen MR) is 89.0 cm³/mol. The molecular formula is C18H24N2O4. The minimum Gasteiger partial charge on any atom is -0.467 e. The molecule has 0 unspecified atom stereocenters. The summed E-state index contributed by atoms with van der Waals surface area (Å²) in [6.07, 6.45) is 0.743. The van der Waals surface area contributed by atoms with Crippen molar-refractivity contribution in [2.24, 2.45) is 0 Å². The summed E-state index contributed by atoms with van der Waals surface area (Å²) in [5, 5.41) is 2.98. The molecule has 130 valence electrons. The van der Waals surface area contributed by atoms with Crippen LogP contribution in [0.2, 0.25) is 0 Å². The standard InChI is InChI=1S/C18H24N2O4/c1-12-5-6-13-14(11-12)23-18(19-15(13)21)7-9-20(10-8-18)16(22)24-17(2,3)4/h5-6,11H,7-10H2,1-4H3,(H,19,21). The first-order valence-electron chi connectivity index (χ1n) is 8.28. The largest absolute Gasteiger partial charge is 0.467 e. The van der Waals surface area contributed by atoms with E-state index >= 15 is 0 Å². The second kappa shape index (κ2) is 5.69. The third-order valence-corrected chi connectivity index (χ3v) is 4.25. The van der Waals surface area contributed by atoms with Gasteiger partial charge in [-0.1, -0.05) is 6.07 Å². The molecule has 1 saturated heterocycles. The topological polar surface area (TPSA) is 67.9 Å². The van der Waals surface area contributed by atoms with Gasteiger partial charge < -0.3 is 19.7 Å².